The van der Waals surface area contributed by atoms with Gasteiger partial charge in [0.15, 0.2) is 5.78 Å². The number of hydrogen-bond donors (Lipinski definition) is 0. The minimum absolute atomic E-state index is 0.00500. The second kappa shape index (κ2) is 9.25. The fraction of sp³-hybridized carbons (Fsp3) is 0.529. The Morgan fingerprint density at radius 1 is 1.08 bits per heavy atom. The number of ether oxygens (including phenoxy) is 1. The van der Waals surface area contributed by atoms with Gasteiger partial charge in [-0.2, -0.15) is 0 Å². The molecule has 9 atom stereocenters. The predicted molar refractivity (Wildman–Crippen MR) is 147 cm³/mol. The number of carbonyl (C=O) groups is 2. The van der Waals surface area contributed by atoms with Crippen molar-refractivity contribution in [2.45, 2.75) is 59.0 Å². The molecule has 37 heavy (non-hydrogen) atoms. The molecule has 0 amide bonds. The fourth-order valence-electron chi connectivity index (χ4n) is 9.14. The molecular formula is C34H38O3. The third kappa shape index (κ3) is 4.00. The first-order chi connectivity index (χ1) is 17.8. The highest BCUT2D eigenvalue weighted by Crippen LogP contribution is 2.66. The maximum Gasteiger partial charge on any atom is 0.158 e. The van der Waals surface area contributed by atoms with Gasteiger partial charge in [0.1, 0.15) is 12.9 Å². The average Bonchev–Trinajstić information content (AvgIpc) is 3.26. The molecular weight excluding hydrogens is 456 g/mol. The van der Waals surface area contributed by atoms with Gasteiger partial charge in [-0.1, -0.05) is 75.1 Å². The second-order valence-corrected chi connectivity index (χ2v) is 12.7. The summed E-state index contributed by atoms with van der Waals surface area (Å²) in [5.41, 5.74) is 1.20. The Morgan fingerprint density at radius 3 is 2.73 bits per heavy atom. The van der Waals surface area contributed by atoms with Gasteiger partial charge < -0.3 is 9.53 Å². The molecule has 3 heteroatoms. The summed E-state index contributed by atoms with van der Waals surface area (Å²) in [6.45, 7) is 7.25. The highest BCUT2D eigenvalue weighted by molar-refractivity contribution is 5.93. The van der Waals surface area contributed by atoms with Crippen LogP contribution in [0.2, 0.25) is 0 Å². The molecule has 0 bridgehead atoms. The Kier molecular flexibility index (Phi) is 6.15. The third-order valence-electron chi connectivity index (χ3n) is 10.8. The number of benzene rings is 2. The van der Waals surface area contributed by atoms with E-state index in [2.05, 4.69) is 81.2 Å². The molecule has 3 fully saturated rings. The molecule has 2 aromatic rings. The lowest BCUT2D eigenvalue weighted by molar-refractivity contribution is -0.159. The minimum atomic E-state index is -0.0649. The Balaban J connectivity index is 1.28. The van der Waals surface area contributed by atoms with Gasteiger partial charge in [-0.15, -0.1) is 0 Å². The number of aldehydes is 1. The summed E-state index contributed by atoms with van der Waals surface area (Å²) in [4.78, 5) is 24.6. The van der Waals surface area contributed by atoms with E-state index in [1.165, 1.54) is 24.5 Å². The minimum Gasteiger partial charge on any atom is -0.365 e. The standard InChI is InChI=1S/C34H38O3/c1-22-30(36)14-16-34(3)28-13-15-33(2)20-23(21-35)18-29(33)27(28)19-31(32(22)34)37-17-7-11-25-10-6-9-24-8-4-5-12-26(24)25/h4-6,8-10,12,14,16,21-23,27-29,31-32H,13,15,17-20H2,1-3H3/t22?,23?,27-,28+,29+,31-,32?,33-,34-/m1/s1. The van der Waals surface area contributed by atoms with E-state index in [1.54, 1.807) is 0 Å². The summed E-state index contributed by atoms with van der Waals surface area (Å²) in [6, 6.07) is 14.6. The molecule has 6 rings (SSSR count). The highest BCUT2D eigenvalue weighted by atomic mass is 16.5. The molecule has 4 aliphatic rings. The largest absolute Gasteiger partial charge is 0.365 e. The van der Waals surface area contributed by atoms with Crippen LogP contribution >= 0.6 is 0 Å². The highest BCUT2D eigenvalue weighted by Gasteiger charge is 2.62. The number of ketones is 1. The Morgan fingerprint density at radius 2 is 1.89 bits per heavy atom. The van der Waals surface area contributed by atoms with Crippen molar-refractivity contribution in [3.63, 3.8) is 0 Å². The predicted octanol–water partition coefficient (Wildman–Crippen LogP) is 6.64. The number of carbonyl (C=O) groups excluding carboxylic acids is 2. The van der Waals surface area contributed by atoms with Crippen molar-refractivity contribution in [2.24, 2.45) is 46.3 Å². The first-order valence-corrected chi connectivity index (χ1v) is 14.1. The Labute approximate surface area is 221 Å². The van der Waals surface area contributed by atoms with E-state index in [9.17, 15) is 9.59 Å². The van der Waals surface area contributed by atoms with E-state index in [4.69, 9.17) is 4.74 Å². The molecule has 0 aromatic heterocycles. The second-order valence-electron chi connectivity index (χ2n) is 12.7. The molecule has 3 nitrogen and oxygen atoms in total. The molecule has 192 valence electrons. The number of allylic oxidation sites excluding steroid dienone is 2. The zero-order valence-corrected chi connectivity index (χ0v) is 22.3. The smallest absolute Gasteiger partial charge is 0.158 e. The lowest BCUT2D eigenvalue weighted by Crippen LogP contribution is -2.58. The van der Waals surface area contributed by atoms with Crippen LogP contribution in [0.4, 0.5) is 0 Å². The first-order valence-electron chi connectivity index (χ1n) is 14.1. The number of rotatable bonds is 3. The molecule has 3 unspecified atom stereocenters. The van der Waals surface area contributed by atoms with Gasteiger partial charge in [-0.3, -0.25) is 4.79 Å². The summed E-state index contributed by atoms with van der Waals surface area (Å²) in [5, 5.41) is 2.35. The van der Waals surface area contributed by atoms with Crippen molar-refractivity contribution < 1.29 is 14.3 Å². The van der Waals surface area contributed by atoms with Gasteiger partial charge >= 0.3 is 0 Å². The van der Waals surface area contributed by atoms with Crippen LogP contribution in [0.5, 0.6) is 0 Å². The molecule has 3 saturated carbocycles. The van der Waals surface area contributed by atoms with Crippen LogP contribution in [0.3, 0.4) is 0 Å². The summed E-state index contributed by atoms with van der Waals surface area (Å²) in [6.07, 6.45) is 10.6. The molecule has 0 heterocycles. The number of fused-ring (bicyclic) bond motifs is 6. The Hall–Kier alpha value is -2.70. The van der Waals surface area contributed by atoms with Crippen LogP contribution in [0.25, 0.3) is 10.8 Å². The fourth-order valence-corrected chi connectivity index (χ4v) is 9.14. The van der Waals surface area contributed by atoms with Crippen molar-refractivity contribution in [2.75, 3.05) is 6.61 Å². The summed E-state index contributed by atoms with van der Waals surface area (Å²) in [7, 11) is 0. The maximum atomic E-state index is 12.8. The topological polar surface area (TPSA) is 43.4 Å². The zero-order valence-electron chi connectivity index (χ0n) is 22.3. The zero-order chi connectivity index (χ0) is 25.8. The number of hydrogen-bond acceptors (Lipinski definition) is 3. The molecule has 0 spiro atoms. The van der Waals surface area contributed by atoms with E-state index in [-0.39, 0.29) is 40.5 Å². The van der Waals surface area contributed by atoms with Crippen molar-refractivity contribution in [1.29, 1.82) is 0 Å². The van der Waals surface area contributed by atoms with E-state index in [0.717, 1.165) is 30.2 Å². The Bertz CT molecular complexity index is 1310. The van der Waals surface area contributed by atoms with Crippen molar-refractivity contribution >= 4 is 22.8 Å². The summed E-state index contributed by atoms with van der Waals surface area (Å²) < 4.78 is 6.62. The molecule has 4 aliphatic carbocycles. The van der Waals surface area contributed by atoms with Gasteiger partial charge in [-0.25, -0.2) is 0 Å². The maximum absolute atomic E-state index is 12.8. The van der Waals surface area contributed by atoms with Crippen molar-refractivity contribution in [1.82, 2.24) is 0 Å². The SMILES string of the molecule is CC1C(=O)C=C[C@@]2(C)C1[C@H](OCC#Cc1cccc3ccccc13)C[C@H]1[C@@H]3CC(C=O)C[C@@]3(C)CC[C@@H]12. The molecule has 0 N–H and O–H groups in total. The normalized spacial score (nSPS) is 40.3. The molecule has 0 saturated heterocycles. The van der Waals surface area contributed by atoms with Gasteiger partial charge in [-0.05, 0) is 83.6 Å². The lowest BCUT2D eigenvalue weighted by Gasteiger charge is -2.61. The van der Waals surface area contributed by atoms with Crippen molar-refractivity contribution in [3.05, 3.63) is 60.2 Å². The first kappa shape index (κ1) is 24.6. The van der Waals surface area contributed by atoms with Gasteiger partial charge in [0.2, 0.25) is 0 Å². The average molecular weight is 495 g/mol. The summed E-state index contributed by atoms with van der Waals surface area (Å²) in [5.74, 6) is 8.77. The monoisotopic (exact) mass is 494 g/mol. The van der Waals surface area contributed by atoms with E-state index >= 15 is 0 Å². The lowest BCUT2D eigenvalue weighted by atomic mass is 9.44. The quantitative estimate of drug-likeness (QED) is 0.355. The van der Waals surface area contributed by atoms with Crippen molar-refractivity contribution in [3.8, 4) is 11.8 Å². The van der Waals surface area contributed by atoms with Gasteiger partial charge in [0.25, 0.3) is 0 Å². The van der Waals surface area contributed by atoms with E-state index < -0.39 is 0 Å². The summed E-state index contributed by atoms with van der Waals surface area (Å²) >= 11 is 0. The van der Waals surface area contributed by atoms with Crippen LogP contribution in [0.15, 0.2) is 54.6 Å². The van der Waals surface area contributed by atoms with Crippen LogP contribution in [-0.4, -0.2) is 24.8 Å². The van der Waals surface area contributed by atoms with Crippen LogP contribution in [-0.2, 0) is 14.3 Å². The van der Waals surface area contributed by atoms with Gasteiger partial charge in [0.05, 0.1) is 6.10 Å². The third-order valence-corrected chi connectivity index (χ3v) is 10.8. The van der Waals surface area contributed by atoms with Crippen LogP contribution < -0.4 is 0 Å². The molecule has 2 aromatic carbocycles. The molecule has 0 radical (unpaired) electrons. The van der Waals surface area contributed by atoms with Crippen LogP contribution in [0.1, 0.15) is 58.4 Å². The van der Waals surface area contributed by atoms with E-state index in [0.29, 0.717) is 24.4 Å². The van der Waals surface area contributed by atoms with E-state index in [1.807, 2.05) is 6.08 Å². The molecule has 0 aliphatic heterocycles. The van der Waals surface area contributed by atoms with Crippen LogP contribution in [0, 0.1) is 58.2 Å². The van der Waals surface area contributed by atoms with Gasteiger partial charge in [0, 0.05) is 23.3 Å².